The summed E-state index contributed by atoms with van der Waals surface area (Å²) in [7, 11) is 1.37. The van der Waals surface area contributed by atoms with Gasteiger partial charge in [-0.3, -0.25) is 4.79 Å². The molecule has 0 spiro atoms. The molecule has 1 aromatic carbocycles. The number of carbonyl (C=O) groups excluding carboxylic acids is 1. The van der Waals surface area contributed by atoms with Gasteiger partial charge in [-0.25, -0.2) is 4.39 Å². The molecule has 1 rings (SSSR count). The molecule has 5 heteroatoms. The number of halogens is 1. The molecule has 0 aromatic heterocycles. The van der Waals surface area contributed by atoms with E-state index in [1.807, 2.05) is 13.8 Å². The summed E-state index contributed by atoms with van der Waals surface area (Å²) in [6.45, 7) is 3.99. The van der Waals surface area contributed by atoms with Crippen molar-refractivity contribution in [1.82, 2.24) is 0 Å². The molecule has 0 aliphatic rings. The van der Waals surface area contributed by atoms with E-state index in [0.717, 1.165) is 0 Å². The molecule has 1 amide bonds. The van der Waals surface area contributed by atoms with Crippen molar-refractivity contribution in [3.05, 3.63) is 24.0 Å². The van der Waals surface area contributed by atoms with E-state index in [9.17, 15) is 9.18 Å². The molecular formula is C13H19FN2O2. The number of ether oxygens (including phenoxy) is 1. The lowest BCUT2D eigenvalue weighted by atomic mass is 10.0. The maximum absolute atomic E-state index is 13.2. The molecule has 1 aromatic rings. The van der Waals surface area contributed by atoms with Gasteiger partial charge in [0.25, 0.3) is 0 Å². The summed E-state index contributed by atoms with van der Waals surface area (Å²) in [6.07, 6.45) is 0.601. The Hall–Kier alpha value is -1.62. The molecule has 0 saturated carbocycles. The molecule has 0 saturated heterocycles. The molecule has 0 aliphatic heterocycles. The first-order chi connectivity index (χ1) is 8.43. The van der Waals surface area contributed by atoms with Crippen LogP contribution >= 0.6 is 0 Å². The number of amides is 1. The third-order valence-electron chi connectivity index (χ3n) is 2.48. The summed E-state index contributed by atoms with van der Waals surface area (Å²) in [6, 6.07) is 3.57. The Kier molecular flexibility index (Phi) is 5.09. The summed E-state index contributed by atoms with van der Waals surface area (Å²) in [5.74, 6) is -0.321. The van der Waals surface area contributed by atoms with Crippen LogP contribution in [-0.2, 0) is 4.79 Å². The minimum absolute atomic E-state index is 0.0882. The van der Waals surface area contributed by atoms with E-state index in [-0.39, 0.29) is 11.7 Å². The van der Waals surface area contributed by atoms with Crippen LogP contribution in [0.25, 0.3) is 0 Å². The SMILES string of the molecule is COc1cc(NC(=O)C(N)CC(C)C)ccc1F. The van der Waals surface area contributed by atoms with Gasteiger partial charge in [-0.15, -0.1) is 0 Å². The number of rotatable bonds is 5. The highest BCUT2D eigenvalue weighted by atomic mass is 19.1. The minimum atomic E-state index is -0.568. The molecule has 0 aliphatic carbocycles. The Labute approximate surface area is 106 Å². The topological polar surface area (TPSA) is 64.3 Å². The number of nitrogens with one attached hydrogen (secondary N) is 1. The van der Waals surface area contributed by atoms with Gasteiger partial charge in [0.2, 0.25) is 5.91 Å². The second-order valence-corrected chi connectivity index (χ2v) is 4.57. The molecule has 0 radical (unpaired) electrons. The Morgan fingerprint density at radius 1 is 1.50 bits per heavy atom. The van der Waals surface area contributed by atoms with Crippen LogP contribution in [0.15, 0.2) is 18.2 Å². The minimum Gasteiger partial charge on any atom is -0.494 e. The van der Waals surface area contributed by atoms with Crippen molar-refractivity contribution in [3.8, 4) is 5.75 Å². The van der Waals surface area contributed by atoms with Gasteiger partial charge in [-0.2, -0.15) is 0 Å². The summed E-state index contributed by atoms with van der Waals surface area (Å²) in [5.41, 5.74) is 6.22. The quantitative estimate of drug-likeness (QED) is 0.846. The molecular weight excluding hydrogens is 235 g/mol. The van der Waals surface area contributed by atoms with Crippen LogP contribution in [0.3, 0.4) is 0 Å². The number of carbonyl (C=O) groups is 1. The largest absolute Gasteiger partial charge is 0.494 e. The predicted molar refractivity (Wildman–Crippen MR) is 69.0 cm³/mol. The first-order valence-electron chi connectivity index (χ1n) is 5.84. The standard InChI is InChI=1S/C13H19FN2O2/c1-8(2)6-11(15)13(17)16-9-4-5-10(14)12(7-9)18-3/h4-5,7-8,11H,6,15H2,1-3H3,(H,16,17). The van der Waals surface area contributed by atoms with Gasteiger partial charge in [0.05, 0.1) is 13.2 Å². The van der Waals surface area contributed by atoms with E-state index >= 15 is 0 Å². The third-order valence-corrected chi connectivity index (χ3v) is 2.48. The molecule has 4 nitrogen and oxygen atoms in total. The van der Waals surface area contributed by atoms with Crippen LogP contribution in [0.5, 0.6) is 5.75 Å². The van der Waals surface area contributed by atoms with E-state index < -0.39 is 11.9 Å². The maximum atomic E-state index is 13.2. The summed E-state index contributed by atoms with van der Waals surface area (Å²) >= 11 is 0. The van der Waals surface area contributed by atoms with Crippen LogP contribution in [0, 0.1) is 11.7 Å². The van der Waals surface area contributed by atoms with Crippen LogP contribution in [-0.4, -0.2) is 19.1 Å². The first kappa shape index (κ1) is 14.4. The Balaban J connectivity index is 2.70. The van der Waals surface area contributed by atoms with Crippen molar-refractivity contribution in [2.45, 2.75) is 26.3 Å². The van der Waals surface area contributed by atoms with Gasteiger partial charge in [0.1, 0.15) is 0 Å². The fraction of sp³-hybridized carbons (Fsp3) is 0.462. The van der Waals surface area contributed by atoms with Gasteiger partial charge in [-0.1, -0.05) is 13.8 Å². The van der Waals surface area contributed by atoms with Crippen molar-refractivity contribution in [2.75, 3.05) is 12.4 Å². The van der Waals surface area contributed by atoms with Crippen molar-refractivity contribution < 1.29 is 13.9 Å². The van der Waals surface area contributed by atoms with Gasteiger partial charge in [0.15, 0.2) is 11.6 Å². The predicted octanol–water partition coefficient (Wildman–Crippen LogP) is 2.15. The lowest BCUT2D eigenvalue weighted by Crippen LogP contribution is -2.36. The molecule has 18 heavy (non-hydrogen) atoms. The van der Waals surface area contributed by atoms with Crippen LogP contribution in [0.2, 0.25) is 0 Å². The third kappa shape index (κ3) is 4.00. The van der Waals surface area contributed by atoms with Gasteiger partial charge in [-0.05, 0) is 24.5 Å². The van der Waals surface area contributed by atoms with Gasteiger partial charge < -0.3 is 15.8 Å². The molecule has 0 fully saturated rings. The van der Waals surface area contributed by atoms with Crippen molar-refractivity contribution in [1.29, 1.82) is 0 Å². The number of nitrogens with two attached hydrogens (primary N) is 1. The fourth-order valence-electron chi connectivity index (χ4n) is 1.59. The average molecular weight is 254 g/mol. The van der Waals surface area contributed by atoms with Crippen molar-refractivity contribution >= 4 is 11.6 Å². The zero-order valence-corrected chi connectivity index (χ0v) is 10.9. The fourth-order valence-corrected chi connectivity index (χ4v) is 1.59. The zero-order valence-electron chi connectivity index (χ0n) is 10.9. The highest BCUT2D eigenvalue weighted by Crippen LogP contribution is 2.21. The first-order valence-corrected chi connectivity index (χ1v) is 5.84. The zero-order chi connectivity index (χ0) is 13.7. The lowest BCUT2D eigenvalue weighted by molar-refractivity contribution is -0.117. The smallest absolute Gasteiger partial charge is 0.241 e. The monoisotopic (exact) mass is 254 g/mol. The van der Waals surface area contributed by atoms with Gasteiger partial charge >= 0.3 is 0 Å². The molecule has 0 heterocycles. The van der Waals surface area contributed by atoms with E-state index in [2.05, 4.69) is 5.32 Å². The van der Waals surface area contributed by atoms with Crippen LogP contribution < -0.4 is 15.8 Å². The molecule has 1 atom stereocenters. The summed E-state index contributed by atoms with van der Waals surface area (Å²) in [4.78, 5) is 11.8. The van der Waals surface area contributed by atoms with E-state index in [4.69, 9.17) is 10.5 Å². The molecule has 100 valence electrons. The summed E-state index contributed by atoms with van der Waals surface area (Å²) < 4.78 is 18.0. The highest BCUT2D eigenvalue weighted by Gasteiger charge is 2.15. The van der Waals surface area contributed by atoms with E-state index in [1.54, 1.807) is 0 Å². The van der Waals surface area contributed by atoms with Crippen molar-refractivity contribution in [2.24, 2.45) is 11.7 Å². The van der Waals surface area contributed by atoms with Crippen LogP contribution in [0.1, 0.15) is 20.3 Å². The normalized spacial score (nSPS) is 12.3. The number of hydrogen-bond donors (Lipinski definition) is 2. The number of hydrogen-bond acceptors (Lipinski definition) is 3. The molecule has 3 N–H and O–H groups in total. The second kappa shape index (κ2) is 6.35. The lowest BCUT2D eigenvalue weighted by Gasteiger charge is -2.14. The second-order valence-electron chi connectivity index (χ2n) is 4.57. The molecule has 1 unspecified atom stereocenters. The molecule has 0 bridgehead atoms. The van der Waals surface area contributed by atoms with Crippen LogP contribution in [0.4, 0.5) is 10.1 Å². The highest BCUT2D eigenvalue weighted by molar-refractivity contribution is 5.94. The van der Waals surface area contributed by atoms with Gasteiger partial charge in [0, 0.05) is 11.8 Å². The number of anilines is 1. The number of methoxy groups -OCH3 is 1. The Morgan fingerprint density at radius 2 is 2.17 bits per heavy atom. The number of benzene rings is 1. The Bertz CT molecular complexity index is 421. The summed E-state index contributed by atoms with van der Waals surface area (Å²) in [5, 5.41) is 2.64. The van der Waals surface area contributed by atoms with E-state index in [0.29, 0.717) is 18.0 Å². The maximum Gasteiger partial charge on any atom is 0.241 e. The van der Waals surface area contributed by atoms with E-state index in [1.165, 1.54) is 25.3 Å². The Morgan fingerprint density at radius 3 is 2.72 bits per heavy atom. The van der Waals surface area contributed by atoms with Crippen molar-refractivity contribution in [3.63, 3.8) is 0 Å². The average Bonchev–Trinajstić information content (AvgIpc) is 2.30.